The van der Waals surface area contributed by atoms with Crippen LogP contribution in [0.5, 0.6) is 0 Å². The standard InChI is InChI=1S/C17H19FN2O3/c18-13-4-2-12(3-5-13)14-10-19-16(23-14)7-6-15(21)20-11-17(22)8-1-9-17/h2-5,10,22H,1,6-9,11H2,(H,20,21). The summed E-state index contributed by atoms with van der Waals surface area (Å²) in [5.41, 5.74) is 0.0238. The summed E-state index contributed by atoms with van der Waals surface area (Å²) in [6.07, 6.45) is 4.69. The van der Waals surface area contributed by atoms with Crippen LogP contribution in [0.3, 0.4) is 0 Å². The Morgan fingerprint density at radius 3 is 2.74 bits per heavy atom. The molecule has 1 aromatic heterocycles. The molecule has 1 amide bonds. The minimum absolute atomic E-state index is 0.133. The zero-order chi connectivity index (χ0) is 16.3. The van der Waals surface area contributed by atoms with Crippen LogP contribution in [0.25, 0.3) is 11.3 Å². The molecule has 2 aromatic rings. The second kappa shape index (κ2) is 6.50. The molecule has 0 saturated heterocycles. The summed E-state index contributed by atoms with van der Waals surface area (Å²) in [7, 11) is 0. The Kier molecular flexibility index (Phi) is 4.43. The highest BCUT2D eigenvalue weighted by atomic mass is 19.1. The average molecular weight is 318 g/mol. The molecule has 0 radical (unpaired) electrons. The maximum Gasteiger partial charge on any atom is 0.220 e. The number of aromatic nitrogens is 1. The molecule has 1 aromatic carbocycles. The van der Waals surface area contributed by atoms with E-state index in [4.69, 9.17) is 4.42 Å². The van der Waals surface area contributed by atoms with E-state index in [9.17, 15) is 14.3 Å². The van der Waals surface area contributed by atoms with Crippen LogP contribution in [0.1, 0.15) is 31.6 Å². The minimum Gasteiger partial charge on any atom is -0.441 e. The molecule has 6 heteroatoms. The Balaban J connectivity index is 1.49. The second-order valence-electron chi connectivity index (χ2n) is 5.98. The highest BCUT2D eigenvalue weighted by Crippen LogP contribution is 2.30. The molecule has 23 heavy (non-hydrogen) atoms. The highest BCUT2D eigenvalue weighted by Gasteiger charge is 2.34. The molecule has 1 heterocycles. The van der Waals surface area contributed by atoms with E-state index in [-0.39, 0.29) is 18.1 Å². The van der Waals surface area contributed by atoms with Crippen molar-refractivity contribution in [3.8, 4) is 11.3 Å². The fourth-order valence-electron chi connectivity index (χ4n) is 2.51. The van der Waals surface area contributed by atoms with Crippen LogP contribution >= 0.6 is 0 Å². The first kappa shape index (κ1) is 15.7. The number of oxazole rings is 1. The van der Waals surface area contributed by atoms with Crippen LogP contribution in [-0.2, 0) is 11.2 Å². The van der Waals surface area contributed by atoms with Gasteiger partial charge in [0.25, 0.3) is 0 Å². The number of carbonyl (C=O) groups is 1. The van der Waals surface area contributed by atoms with Gasteiger partial charge in [0.15, 0.2) is 11.7 Å². The number of hydrogen-bond donors (Lipinski definition) is 2. The first-order valence-corrected chi connectivity index (χ1v) is 7.74. The van der Waals surface area contributed by atoms with Gasteiger partial charge in [0.2, 0.25) is 5.91 Å². The lowest BCUT2D eigenvalue weighted by Crippen LogP contribution is -2.47. The number of hydrogen-bond acceptors (Lipinski definition) is 4. The van der Waals surface area contributed by atoms with Crippen molar-refractivity contribution >= 4 is 5.91 Å². The van der Waals surface area contributed by atoms with Gasteiger partial charge in [0, 0.05) is 24.9 Å². The minimum atomic E-state index is -0.714. The first-order chi connectivity index (χ1) is 11.0. The number of aliphatic hydroxyl groups is 1. The normalized spacial score (nSPS) is 15.9. The molecule has 1 aliphatic rings. The molecular formula is C17H19FN2O3. The van der Waals surface area contributed by atoms with Crippen LogP contribution in [0.15, 0.2) is 34.9 Å². The third kappa shape index (κ3) is 3.96. The number of nitrogens with one attached hydrogen (secondary N) is 1. The Labute approximate surface area is 133 Å². The summed E-state index contributed by atoms with van der Waals surface area (Å²) in [6.45, 7) is 0.304. The highest BCUT2D eigenvalue weighted by molar-refractivity contribution is 5.76. The average Bonchev–Trinajstić information content (AvgIpc) is 2.98. The Bertz CT molecular complexity index is 677. The van der Waals surface area contributed by atoms with Crippen LogP contribution in [0.4, 0.5) is 4.39 Å². The van der Waals surface area contributed by atoms with E-state index in [1.165, 1.54) is 12.1 Å². The molecule has 0 bridgehead atoms. The van der Waals surface area contributed by atoms with Crippen LogP contribution < -0.4 is 5.32 Å². The lowest BCUT2D eigenvalue weighted by atomic mass is 9.80. The number of nitrogens with zero attached hydrogens (tertiary/aromatic N) is 1. The van der Waals surface area contributed by atoms with Crippen LogP contribution in [0, 0.1) is 5.82 Å². The predicted octanol–water partition coefficient (Wildman–Crippen LogP) is 2.44. The maximum absolute atomic E-state index is 12.9. The third-order valence-corrected chi connectivity index (χ3v) is 4.15. The van der Waals surface area contributed by atoms with E-state index in [0.717, 1.165) is 24.8 Å². The molecule has 2 N–H and O–H groups in total. The zero-order valence-corrected chi connectivity index (χ0v) is 12.7. The van der Waals surface area contributed by atoms with E-state index in [2.05, 4.69) is 10.3 Å². The maximum atomic E-state index is 12.9. The second-order valence-corrected chi connectivity index (χ2v) is 5.98. The number of carbonyl (C=O) groups excluding carboxylic acids is 1. The number of halogens is 1. The molecule has 1 fully saturated rings. The molecule has 0 unspecified atom stereocenters. The van der Waals surface area contributed by atoms with E-state index in [1.54, 1.807) is 18.3 Å². The van der Waals surface area contributed by atoms with Gasteiger partial charge in [-0.3, -0.25) is 4.79 Å². The van der Waals surface area contributed by atoms with Gasteiger partial charge < -0.3 is 14.8 Å². The predicted molar refractivity (Wildman–Crippen MR) is 82.0 cm³/mol. The summed E-state index contributed by atoms with van der Waals surface area (Å²) < 4.78 is 18.5. The summed E-state index contributed by atoms with van der Waals surface area (Å²) in [6, 6.07) is 5.95. The summed E-state index contributed by atoms with van der Waals surface area (Å²) in [5.74, 6) is 0.566. The van der Waals surface area contributed by atoms with Gasteiger partial charge in [0.05, 0.1) is 11.8 Å². The molecule has 0 aliphatic heterocycles. The largest absolute Gasteiger partial charge is 0.441 e. The molecule has 5 nitrogen and oxygen atoms in total. The van der Waals surface area contributed by atoms with Gasteiger partial charge in [-0.1, -0.05) is 0 Å². The Morgan fingerprint density at radius 2 is 2.09 bits per heavy atom. The summed E-state index contributed by atoms with van der Waals surface area (Å²) in [4.78, 5) is 15.9. The van der Waals surface area contributed by atoms with Crippen molar-refractivity contribution in [1.29, 1.82) is 0 Å². The van der Waals surface area contributed by atoms with Crippen molar-refractivity contribution in [3.05, 3.63) is 42.2 Å². The fourth-order valence-corrected chi connectivity index (χ4v) is 2.51. The summed E-state index contributed by atoms with van der Waals surface area (Å²) >= 11 is 0. The molecule has 3 rings (SSSR count). The number of rotatable bonds is 6. The van der Waals surface area contributed by atoms with Gasteiger partial charge in [-0.15, -0.1) is 0 Å². The Morgan fingerprint density at radius 1 is 1.35 bits per heavy atom. The van der Waals surface area contributed by atoms with E-state index in [0.29, 0.717) is 24.6 Å². The van der Waals surface area contributed by atoms with Crippen LogP contribution in [-0.4, -0.2) is 28.1 Å². The van der Waals surface area contributed by atoms with Crippen LogP contribution in [0.2, 0.25) is 0 Å². The molecule has 0 spiro atoms. The van der Waals surface area contributed by atoms with Crippen molar-refractivity contribution in [1.82, 2.24) is 10.3 Å². The van der Waals surface area contributed by atoms with E-state index < -0.39 is 5.60 Å². The van der Waals surface area contributed by atoms with E-state index >= 15 is 0 Å². The quantitative estimate of drug-likeness (QED) is 0.858. The van der Waals surface area contributed by atoms with Gasteiger partial charge in [-0.05, 0) is 43.5 Å². The third-order valence-electron chi connectivity index (χ3n) is 4.15. The number of amides is 1. The van der Waals surface area contributed by atoms with Gasteiger partial charge in [-0.2, -0.15) is 0 Å². The van der Waals surface area contributed by atoms with Crippen molar-refractivity contribution in [2.75, 3.05) is 6.54 Å². The van der Waals surface area contributed by atoms with Gasteiger partial charge in [-0.25, -0.2) is 9.37 Å². The van der Waals surface area contributed by atoms with Gasteiger partial charge >= 0.3 is 0 Å². The smallest absolute Gasteiger partial charge is 0.220 e. The molecule has 1 aliphatic carbocycles. The number of benzene rings is 1. The SMILES string of the molecule is O=C(CCc1ncc(-c2ccc(F)cc2)o1)NCC1(O)CCC1. The van der Waals surface area contributed by atoms with E-state index in [1.807, 2.05) is 0 Å². The van der Waals surface area contributed by atoms with Crippen molar-refractivity contribution < 1.29 is 18.7 Å². The zero-order valence-electron chi connectivity index (χ0n) is 12.7. The fraction of sp³-hybridized carbons (Fsp3) is 0.412. The monoisotopic (exact) mass is 318 g/mol. The number of aryl methyl sites for hydroxylation is 1. The van der Waals surface area contributed by atoms with Crippen molar-refractivity contribution in [2.24, 2.45) is 0 Å². The van der Waals surface area contributed by atoms with Crippen molar-refractivity contribution in [3.63, 3.8) is 0 Å². The molecule has 1 saturated carbocycles. The molecule has 122 valence electrons. The van der Waals surface area contributed by atoms with Crippen molar-refractivity contribution in [2.45, 2.75) is 37.7 Å². The topological polar surface area (TPSA) is 75.4 Å². The first-order valence-electron chi connectivity index (χ1n) is 7.74. The van der Waals surface area contributed by atoms with Gasteiger partial charge in [0.1, 0.15) is 5.82 Å². The summed E-state index contributed by atoms with van der Waals surface area (Å²) in [5, 5.41) is 12.7. The lowest BCUT2D eigenvalue weighted by molar-refractivity contribution is -0.123. The molecule has 0 atom stereocenters. The lowest BCUT2D eigenvalue weighted by Gasteiger charge is -2.36. The molecular weight excluding hydrogens is 299 g/mol. The Hall–Kier alpha value is -2.21.